The second-order valence-corrected chi connectivity index (χ2v) is 7.62. The molecule has 3 heteroatoms. The summed E-state index contributed by atoms with van der Waals surface area (Å²) in [4.78, 5) is 13.7. The molecule has 1 aromatic rings. The lowest BCUT2D eigenvalue weighted by atomic mass is 9.83. The lowest BCUT2D eigenvalue weighted by Crippen LogP contribution is -2.34. The maximum absolute atomic E-state index is 11.8. The number of hydrogen-bond acceptors (Lipinski definition) is 2. The first-order valence-corrected chi connectivity index (χ1v) is 8.97. The number of nitrogens with one attached hydrogen (secondary N) is 1. The predicted molar refractivity (Wildman–Crippen MR) is 93.3 cm³/mol. The van der Waals surface area contributed by atoms with Gasteiger partial charge in [0, 0.05) is 24.8 Å². The number of anilines is 1. The van der Waals surface area contributed by atoms with E-state index in [1.165, 1.54) is 61.4 Å². The zero-order valence-corrected chi connectivity index (χ0v) is 13.8. The molecule has 1 aromatic carbocycles. The molecule has 4 rings (SSSR count). The van der Waals surface area contributed by atoms with Crippen molar-refractivity contribution in [1.82, 2.24) is 4.90 Å². The Hall–Kier alpha value is -1.77. The van der Waals surface area contributed by atoms with E-state index in [-0.39, 0.29) is 5.91 Å². The fraction of sp³-hybridized carbons (Fsp3) is 0.550. The molecule has 1 N–H and O–H groups in total. The van der Waals surface area contributed by atoms with Crippen molar-refractivity contribution in [1.29, 1.82) is 0 Å². The standard InChI is InChI=1S/C20H26N2O/c1-2-19(23)22-12-7-15-3-4-18(13-16(15)14-22)21-17-5-8-20(9-6-17)10-11-20/h2-4,13,17,21H,1,5-12,14H2. The van der Waals surface area contributed by atoms with Crippen molar-refractivity contribution in [3.8, 4) is 0 Å². The van der Waals surface area contributed by atoms with Gasteiger partial charge in [-0.1, -0.05) is 12.6 Å². The first-order valence-electron chi connectivity index (χ1n) is 8.97. The fourth-order valence-electron chi connectivity index (χ4n) is 4.25. The lowest BCUT2D eigenvalue weighted by molar-refractivity contribution is -0.126. The average Bonchev–Trinajstić information content (AvgIpc) is 3.35. The van der Waals surface area contributed by atoms with Crippen molar-refractivity contribution in [3.05, 3.63) is 42.0 Å². The Morgan fingerprint density at radius 1 is 1.22 bits per heavy atom. The van der Waals surface area contributed by atoms with Crippen LogP contribution in [0.2, 0.25) is 0 Å². The van der Waals surface area contributed by atoms with Crippen LogP contribution >= 0.6 is 0 Å². The van der Waals surface area contributed by atoms with Crippen molar-refractivity contribution in [2.24, 2.45) is 5.41 Å². The molecule has 2 saturated carbocycles. The van der Waals surface area contributed by atoms with Gasteiger partial charge < -0.3 is 10.2 Å². The quantitative estimate of drug-likeness (QED) is 0.859. The molecule has 1 amide bonds. The van der Waals surface area contributed by atoms with Crippen LogP contribution in [0.4, 0.5) is 5.69 Å². The zero-order chi connectivity index (χ0) is 15.9. The van der Waals surface area contributed by atoms with Crippen LogP contribution in [0.15, 0.2) is 30.9 Å². The third kappa shape index (κ3) is 3.01. The molecule has 122 valence electrons. The summed E-state index contributed by atoms with van der Waals surface area (Å²) in [6.45, 7) is 5.11. The lowest BCUT2D eigenvalue weighted by Gasteiger charge is -2.31. The minimum absolute atomic E-state index is 0.0380. The van der Waals surface area contributed by atoms with E-state index in [0.717, 1.165) is 18.4 Å². The highest BCUT2D eigenvalue weighted by molar-refractivity contribution is 5.87. The molecule has 23 heavy (non-hydrogen) atoms. The summed E-state index contributed by atoms with van der Waals surface area (Å²) >= 11 is 0. The fourth-order valence-corrected chi connectivity index (χ4v) is 4.25. The number of rotatable bonds is 3. The predicted octanol–water partition coefficient (Wildman–Crippen LogP) is 3.89. The molecule has 0 aromatic heterocycles. The third-order valence-corrected chi connectivity index (χ3v) is 6.08. The molecule has 1 spiro atoms. The van der Waals surface area contributed by atoms with Crippen LogP contribution < -0.4 is 5.32 Å². The summed E-state index contributed by atoms with van der Waals surface area (Å²) in [5.74, 6) is 0.0380. The van der Waals surface area contributed by atoms with Crippen LogP contribution in [-0.2, 0) is 17.8 Å². The van der Waals surface area contributed by atoms with Crippen molar-refractivity contribution >= 4 is 11.6 Å². The molecule has 3 nitrogen and oxygen atoms in total. The summed E-state index contributed by atoms with van der Waals surface area (Å²) in [6, 6.07) is 7.32. The maximum atomic E-state index is 11.8. The number of benzene rings is 1. The molecule has 3 aliphatic rings. The maximum Gasteiger partial charge on any atom is 0.246 e. The molecule has 1 aliphatic heterocycles. The molecule has 0 radical (unpaired) electrons. The highest BCUT2D eigenvalue weighted by Gasteiger charge is 2.44. The van der Waals surface area contributed by atoms with E-state index < -0.39 is 0 Å². The van der Waals surface area contributed by atoms with Gasteiger partial charge in [-0.15, -0.1) is 0 Å². The normalized spacial score (nSPS) is 22.5. The van der Waals surface area contributed by atoms with Crippen molar-refractivity contribution in [3.63, 3.8) is 0 Å². The van der Waals surface area contributed by atoms with Crippen LogP contribution in [0.3, 0.4) is 0 Å². The van der Waals surface area contributed by atoms with E-state index >= 15 is 0 Å². The van der Waals surface area contributed by atoms with Crippen LogP contribution in [0.1, 0.15) is 49.7 Å². The Balaban J connectivity index is 1.42. The molecule has 0 saturated heterocycles. The molecule has 0 unspecified atom stereocenters. The monoisotopic (exact) mass is 310 g/mol. The molecule has 0 bridgehead atoms. The number of carbonyl (C=O) groups is 1. The Kier molecular flexibility index (Phi) is 3.67. The highest BCUT2D eigenvalue weighted by atomic mass is 16.2. The number of hydrogen-bond donors (Lipinski definition) is 1. The van der Waals surface area contributed by atoms with Crippen LogP contribution in [0.5, 0.6) is 0 Å². The molecule has 1 heterocycles. The van der Waals surface area contributed by atoms with E-state index in [1.807, 2.05) is 4.90 Å². The largest absolute Gasteiger partial charge is 0.382 e. The molecule has 0 atom stereocenters. The summed E-state index contributed by atoms with van der Waals surface area (Å²) in [5, 5.41) is 3.73. The van der Waals surface area contributed by atoms with E-state index in [2.05, 4.69) is 30.1 Å². The minimum atomic E-state index is 0.0380. The van der Waals surface area contributed by atoms with E-state index in [9.17, 15) is 4.79 Å². The average molecular weight is 310 g/mol. The third-order valence-electron chi connectivity index (χ3n) is 6.08. The van der Waals surface area contributed by atoms with E-state index in [4.69, 9.17) is 0 Å². The molecule has 2 fully saturated rings. The Morgan fingerprint density at radius 2 is 2.00 bits per heavy atom. The second kappa shape index (κ2) is 5.70. The Labute approximate surface area is 138 Å². The van der Waals surface area contributed by atoms with Crippen molar-refractivity contribution < 1.29 is 4.79 Å². The summed E-state index contributed by atoms with van der Waals surface area (Å²) in [6.07, 6.45) is 10.7. The summed E-state index contributed by atoms with van der Waals surface area (Å²) in [5.41, 5.74) is 4.63. The smallest absolute Gasteiger partial charge is 0.246 e. The summed E-state index contributed by atoms with van der Waals surface area (Å²) in [7, 11) is 0. The van der Waals surface area contributed by atoms with Gasteiger partial charge in [0.25, 0.3) is 0 Å². The minimum Gasteiger partial charge on any atom is -0.382 e. The number of nitrogens with zero attached hydrogens (tertiary/aromatic N) is 1. The van der Waals surface area contributed by atoms with Gasteiger partial charge in [-0.2, -0.15) is 0 Å². The molecular weight excluding hydrogens is 284 g/mol. The molecular formula is C20H26N2O. The van der Waals surface area contributed by atoms with Gasteiger partial charge >= 0.3 is 0 Å². The van der Waals surface area contributed by atoms with Crippen LogP contribution in [-0.4, -0.2) is 23.4 Å². The van der Waals surface area contributed by atoms with Gasteiger partial charge in [-0.25, -0.2) is 0 Å². The Morgan fingerprint density at radius 3 is 2.70 bits per heavy atom. The van der Waals surface area contributed by atoms with Gasteiger partial charge in [0.05, 0.1) is 0 Å². The Bertz CT molecular complexity index is 623. The van der Waals surface area contributed by atoms with E-state index in [1.54, 1.807) is 0 Å². The van der Waals surface area contributed by atoms with Gasteiger partial charge in [-0.3, -0.25) is 4.79 Å². The van der Waals surface area contributed by atoms with Crippen LogP contribution in [0, 0.1) is 5.41 Å². The van der Waals surface area contributed by atoms with Gasteiger partial charge in [-0.05, 0) is 79.7 Å². The SMILES string of the molecule is C=CC(=O)N1CCc2ccc(NC3CCC4(CC3)CC4)cc2C1. The molecule has 2 aliphatic carbocycles. The highest BCUT2D eigenvalue weighted by Crippen LogP contribution is 2.56. The second-order valence-electron chi connectivity index (χ2n) is 7.62. The van der Waals surface area contributed by atoms with Crippen LogP contribution in [0.25, 0.3) is 0 Å². The van der Waals surface area contributed by atoms with Gasteiger partial charge in [0.15, 0.2) is 0 Å². The van der Waals surface area contributed by atoms with Crippen molar-refractivity contribution in [2.45, 2.75) is 57.5 Å². The number of amides is 1. The van der Waals surface area contributed by atoms with E-state index in [0.29, 0.717) is 12.6 Å². The van der Waals surface area contributed by atoms with Gasteiger partial charge in [0.1, 0.15) is 0 Å². The van der Waals surface area contributed by atoms with Gasteiger partial charge in [0.2, 0.25) is 5.91 Å². The number of fused-ring (bicyclic) bond motifs is 1. The first-order chi connectivity index (χ1) is 11.2. The zero-order valence-electron chi connectivity index (χ0n) is 13.8. The summed E-state index contributed by atoms with van der Waals surface area (Å²) < 4.78 is 0. The number of carbonyl (C=O) groups excluding carboxylic acids is 1. The first kappa shape index (κ1) is 14.8. The van der Waals surface area contributed by atoms with Crippen molar-refractivity contribution in [2.75, 3.05) is 11.9 Å². The topological polar surface area (TPSA) is 32.3 Å².